The Morgan fingerprint density at radius 1 is 1.16 bits per heavy atom. The van der Waals surface area contributed by atoms with Crippen molar-refractivity contribution in [1.29, 1.82) is 0 Å². The van der Waals surface area contributed by atoms with Crippen LogP contribution in [0, 0.1) is 0 Å². The normalized spacial score (nSPS) is 9.96. The maximum atomic E-state index is 10.5. The smallest absolute Gasteiger partial charge is 0.207 e. The maximum absolute atomic E-state index is 10.5. The van der Waals surface area contributed by atoms with Crippen molar-refractivity contribution in [3.05, 3.63) is 35.9 Å². The lowest BCUT2D eigenvalue weighted by Gasteiger charge is -2.09. The van der Waals surface area contributed by atoms with E-state index >= 15 is 0 Å². The Kier molecular flexibility index (Phi) is 24.4. The molecule has 0 spiro atoms. The molecule has 0 saturated heterocycles. The highest BCUT2D eigenvalue weighted by molar-refractivity contribution is 5.66. The fourth-order valence-electron chi connectivity index (χ4n) is 1.55. The molecule has 0 aliphatic rings. The molecule has 1 amide bonds. The highest BCUT2D eigenvalue weighted by Crippen LogP contribution is 2.08. The number of benzene rings is 1. The van der Waals surface area contributed by atoms with Crippen molar-refractivity contribution in [2.75, 3.05) is 33.9 Å². The summed E-state index contributed by atoms with van der Waals surface area (Å²) in [4.78, 5) is 32.4. The monoisotopic (exact) mass is 354 g/mol. The van der Waals surface area contributed by atoms with E-state index in [1.54, 1.807) is 19.2 Å². The number of rotatable bonds is 9. The van der Waals surface area contributed by atoms with Crippen LogP contribution in [0.2, 0.25) is 0 Å². The first-order chi connectivity index (χ1) is 11.6. The van der Waals surface area contributed by atoms with Gasteiger partial charge >= 0.3 is 0 Å². The predicted octanol–water partition coefficient (Wildman–Crippen LogP) is 2.49. The molecule has 0 aliphatic heterocycles. The number of ether oxygens (including phenoxy) is 1. The largest absolute Gasteiger partial charge is 0.385 e. The van der Waals surface area contributed by atoms with Crippen molar-refractivity contribution in [2.45, 2.75) is 33.7 Å². The van der Waals surface area contributed by atoms with Crippen LogP contribution in [0.1, 0.15) is 39.3 Å². The minimum absolute atomic E-state index is 0. The van der Waals surface area contributed by atoms with Gasteiger partial charge in [0, 0.05) is 13.7 Å². The number of nitrogens with zero attached hydrogens (tertiary/aromatic N) is 1. The quantitative estimate of drug-likeness (QED) is 0.690. The lowest BCUT2D eigenvalue weighted by Crippen LogP contribution is -2.20. The standard InChI is InChI=1S/C9H9NO2.C6H13NO.C3H8O.CH4/c11-6-9(10-7-12)8-4-2-1-3-5-8;1-3-4-7(2)5-6-8;1-3-4-2;/h1-7,9H,(H,10,12);6H,3-5H2,1-2H3;3H2,1-2H3;1H4. The number of nitrogens with one attached hydrogen (secondary N) is 1. The summed E-state index contributed by atoms with van der Waals surface area (Å²) in [6.07, 6.45) is 3.26. The highest BCUT2D eigenvalue weighted by Gasteiger charge is 2.06. The summed E-state index contributed by atoms with van der Waals surface area (Å²) < 4.78 is 4.54. The Morgan fingerprint density at radius 3 is 2.08 bits per heavy atom. The van der Waals surface area contributed by atoms with E-state index in [4.69, 9.17) is 0 Å². The second-order valence-corrected chi connectivity index (χ2v) is 4.82. The summed E-state index contributed by atoms with van der Waals surface area (Å²) in [5.74, 6) is 0. The summed E-state index contributed by atoms with van der Waals surface area (Å²) in [5, 5.41) is 2.40. The maximum Gasteiger partial charge on any atom is 0.207 e. The lowest BCUT2D eigenvalue weighted by atomic mass is 10.1. The number of amides is 1. The minimum atomic E-state index is -0.524. The van der Waals surface area contributed by atoms with E-state index in [1.165, 1.54) is 0 Å². The second kappa shape index (κ2) is 21.9. The predicted molar refractivity (Wildman–Crippen MR) is 103 cm³/mol. The van der Waals surface area contributed by atoms with Crippen LogP contribution in [0.15, 0.2) is 30.3 Å². The SMILES string of the molecule is C.CCCN(C)CC=O.CCOC.O=CNC(C=O)c1ccccc1. The number of aldehydes is 2. The Labute approximate surface area is 152 Å². The number of hydrogen-bond acceptors (Lipinski definition) is 5. The zero-order valence-electron chi connectivity index (χ0n) is 15.1. The first-order valence-electron chi connectivity index (χ1n) is 7.92. The van der Waals surface area contributed by atoms with E-state index in [2.05, 4.69) is 17.0 Å². The third-order valence-electron chi connectivity index (χ3n) is 2.82. The Hall–Kier alpha value is -2.05. The molecule has 25 heavy (non-hydrogen) atoms. The van der Waals surface area contributed by atoms with Crippen LogP contribution in [-0.4, -0.2) is 57.7 Å². The van der Waals surface area contributed by atoms with Gasteiger partial charge < -0.3 is 19.6 Å². The zero-order chi connectivity index (χ0) is 18.6. The summed E-state index contributed by atoms with van der Waals surface area (Å²) in [7, 11) is 3.62. The van der Waals surface area contributed by atoms with E-state index in [0.717, 1.165) is 31.4 Å². The molecule has 0 aliphatic carbocycles. The summed E-state index contributed by atoms with van der Waals surface area (Å²) >= 11 is 0. The molecule has 0 fully saturated rings. The first-order valence-corrected chi connectivity index (χ1v) is 7.92. The average molecular weight is 354 g/mol. The first kappa shape index (κ1) is 27.8. The fourth-order valence-corrected chi connectivity index (χ4v) is 1.55. The van der Waals surface area contributed by atoms with E-state index in [-0.39, 0.29) is 7.43 Å². The summed E-state index contributed by atoms with van der Waals surface area (Å²) in [6.45, 7) is 6.45. The van der Waals surface area contributed by atoms with Crippen molar-refractivity contribution >= 4 is 19.0 Å². The van der Waals surface area contributed by atoms with Crippen molar-refractivity contribution in [3.63, 3.8) is 0 Å². The molecule has 1 aromatic rings. The topological polar surface area (TPSA) is 75.7 Å². The van der Waals surface area contributed by atoms with Crippen LogP contribution in [0.25, 0.3) is 0 Å². The van der Waals surface area contributed by atoms with Crippen molar-refractivity contribution in [3.8, 4) is 0 Å². The number of hydrogen-bond donors (Lipinski definition) is 1. The van der Waals surface area contributed by atoms with Gasteiger partial charge in [-0.1, -0.05) is 44.7 Å². The Morgan fingerprint density at radius 2 is 1.72 bits per heavy atom. The molecule has 1 N–H and O–H groups in total. The average Bonchev–Trinajstić information content (AvgIpc) is 2.61. The molecule has 1 rings (SSSR count). The third-order valence-corrected chi connectivity index (χ3v) is 2.82. The molecule has 1 atom stereocenters. The molecule has 144 valence electrons. The van der Waals surface area contributed by atoms with Gasteiger partial charge in [0.25, 0.3) is 0 Å². The molecule has 1 unspecified atom stereocenters. The van der Waals surface area contributed by atoms with E-state index in [9.17, 15) is 14.4 Å². The van der Waals surface area contributed by atoms with Crippen LogP contribution < -0.4 is 5.32 Å². The molecular weight excluding hydrogens is 320 g/mol. The van der Waals surface area contributed by atoms with Crippen molar-refractivity contribution in [1.82, 2.24) is 10.2 Å². The Bertz CT molecular complexity index is 411. The molecular formula is C19H34N2O4. The Balaban J connectivity index is -0.000000325. The van der Waals surface area contributed by atoms with E-state index in [0.29, 0.717) is 19.2 Å². The molecule has 1 aromatic carbocycles. The van der Waals surface area contributed by atoms with Gasteiger partial charge in [-0.2, -0.15) is 0 Å². The molecule has 6 nitrogen and oxygen atoms in total. The van der Waals surface area contributed by atoms with Crippen LogP contribution in [-0.2, 0) is 19.1 Å². The number of likely N-dealkylation sites (N-methyl/N-ethyl adjacent to an activating group) is 1. The highest BCUT2D eigenvalue weighted by atomic mass is 16.5. The molecule has 6 heteroatoms. The second-order valence-electron chi connectivity index (χ2n) is 4.82. The number of carbonyl (C=O) groups excluding carboxylic acids is 3. The molecule has 0 heterocycles. The van der Waals surface area contributed by atoms with Gasteiger partial charge in [0.05, 0.1) is 6.54 Å². The number of methoxy groups -OCH3 is 1. The van der Waals surface area contributed by atoms with Gasteiger partial charge in [0.2, 0.25) is 6.41 Å². The molecule has 0 saturated carbocycles. The molecule has 0 bridgehead atoms. The van der Waals surface area contributed by atoms with E-state index < -0.39 is 6.04 Å². The fraction of sp³-hybridized carbons (Fsp3) is 0.526. The van der Waals surface area contributed by atoms with Crippen molar-refractivity contribution in [2.24, 2.45) is 0 Å². The summed E-state index contributed by atoms with van der Waals surface area (Å²) in [6, 6.07) is 8.54. The minimum Gasteiger partial charge on any atom is -0.385 e. The van der Waals surface area contributed by atoms with E-state index in [1.807, 2.05) is 37.1 Å². The van der Waals surface area contributed by atoms with Crippen LogP contribution in [0.5, 0.6) is 0 Å². The zero-order valence-corrected chi connectivity index (χ0v) is 15.1. The third kappa shape index (κ3) is 18.1. The van der Waals surface area contributed by atoms with Crippen LogP contribution in [0.4, 0.5) is 0 Å². The van der Waals surface area contributed by atoms with Gasteiger partial charge in [-0.25, -0.2) is 0 Å². The van der Waals surface area contributed by atoms with Gasteiger partial charge in [0.15, 0.2) is 0 Å². The van der Waals surface area contributed by atoms with Gasteiger partial charge in [0.1, 0.15) is 18.6 Å². The van der Waals surface area contributed by atoms with Gasteiger partial charge in [-0.15, -0.1) is 0 Å². The molecule has 0 radical (unpaired) electrons. The van der Waals surface area contributed by atoms with Crippen LogP contribution in [0.3, 0.4) is 0 Å². The van der Waals surface area contributed by atoms with Gasteiger partial charge in [-0.3, -0.25) is 9.69 Å². The summed E-state index contributed by atoms with van der Waals surface area (Å²) in [5.41, 5.74) is 0.791. The van der Waals surface area contributed by atoms with Crippen LogP contribution >= 0.6 is 0 Å². The van der Waals surface area contributed by atoms with Crippen molar-refractivity contribution < 1.29 is 19.1 Å². The molecule has 0 aromatic heterocycles. The van der Waals surface area contributed by atoms with Gasteiger partial charge in [-0.05, 0) is 32.5 Å². The number of carbonyl (C=O) groups is 3. The lowest BCUT2D eigenvalue weighted by molar-refractivity contribution is -0.115.